The van der Waals surface area contributed by atoms with Crippen molar-refractivity contribution in [1.82, 2.24) is 73.5 Å². The van der Waals surface area contributed by atoms with Gasteiger partial charge < -0.3 is 83.3 Å². The van der Waals surface area contributed by atoms with Crippen LogP contribution in [0.2, 0.25) is 0 Å². The highest BCUT2D eigenvalue weighted by atomic mass is 16.6. The molecule has 0 bridgehead atoms. The molecule has 510 valence electrons. The summed E-state index contributed by atoms with van der Waals surface area (Å²) in [5.74, 6) is -10.6. The van der Waals surface area contributed by atoms with Gasteiger partial charge in [-0.25, -0.2) is 4.79 Å². The van der Waals surface area contributed by atoms with E-state index in [0.29, 0.717) is 0 Å². The third-order valence-corrected chi connectivity index (χ3v) is 15.2. The largest absolute Gasteiger partial charge is 0.480 e. The van der Waals surface area contributed by atoms with Crippen molar-refractivity contribution in [3.05, 3.63) is 59.7 Å². The van der Waals surface area contributed by atoms with Gasteiger partial charge in [-0.05, 0) is 22.3 Å². The fraction of sp³-hybridized carbons (Fsp3) is 0.533. The maximum absolute atomic E-state index is 13.1. The van der Waals surface area contributed by atoms with Gasteiger partial charge in [0.15, 0.2) is 0 Å². The van der Waals surface area contributed by atoms with E-state index in [-0.39, 0.29) is 12.5 Å². The number of carbonyl (C=O) groups excluding carboxylic acids is 15. The zero-order valence-corrected chi connectivity index (χ0v) is 55.6. The van der Waals surface area contributed by atoms with Gasteiger partial charge in [-0.1, -0.05) is 48.5 Å². The van der Waals surface area contributed by atoms with Crippen LogP contribution in [0, 0.1) is 0 Å². The summed E-state index contributed by atoms with van der Waals surface area (Å²) in [6.07, 6.45) is -0.730. The number of rotatable bonds is 32. The molecule has 1 aliphatic rings. The number of benzene rings is 2. The van der Waals surface area contributed by atoms with E-state index in [9.17, 15) is 76.7 Å². The van der Waals surface area contributed by atoms with Gasteiger partial charge in [0, 0.05) is 112 Å². The highest BCUT2D eigenvalue weighted by molar-refractivity contribution is 5.95. The predicted octanol–water partition coefficient (Wildman–Crippen LogP) is -4.63. The Labute approximate surface area is 540 Å². The van der Waals surface area contributed by atoms with Crippen molar-refractivity contribution in [2.45, 2.75) is 5.92 Å². The standard InChI is InChI=1S/C60H87N15O18/c1-61(24-45(76)62(2)26-47(78)64(4)28-49(80)66(6)30-51(82)68(8)32-53(84)70(10)34-55(86)72(12)36-57(88)74(14)38-59(90)91)46(77)25-63(3)48(79)27-65(5)50(81)29-67(7)52(83)31-69(9)54(85)33-71(11)56(87)35-73(13)58(89)37-75(15)60(92)93-39-44-42-22-18-16-20-40(42)41-21-17-19-23-43(41)44/h16-23,44H,24-39H2,1-15H3,(H,90,91). The third kappa shape index (κ3) is 23.5. The van der Waals surface area contributed by atoms with Crippen molar-refractivity contribution in [1.29, 1.82) is 0 Å². The summed E-state index contributed by atoms with van der Waals surface area (Å²) in [5, 5.41) is 8.88. The molecule has 0 aliphatic heterocycles. The van der Waals surface area contributed by atoms with Gasteiger partial charge in [0.2, 0.25) is 82.7 Å². The SMILES string of the molecule is CN(CC(=O)O)C(=O)CN(C)C(=O)CN(C)C(=O)CN(C)C(=O)CN(C)C(=O)CN(C)C(=O)CN(C)C(=O)CN(C)C(=O)CN(C)C(=O)CN(C)C(=O)CN(C)C(=O)CN(C)C(=O)CN(C)C(=O)CN(C)C(=O)CN(C)C(=O)OCC1c2ccccc2-c2ccccc21. The molecule has 33 nitrogen and oxygen atoms in total. The van der Waals surface area contributed by atoms with E-state index in [2.05, 4.69) is 0 Å². The first-order valence-electron chi connectivity index (χ1n) is 29.0. The number of carboxylic acids is 1. The van der Waals surface area contributed by atoms with Crippen LogP contribution in [-0.2, 0) is 76.7 Å². The van der Waals surface area contributed by atoms with Gasteiger partial charge in [0.1, 0.15) is 19.7 Å². The smallest absolute Gasteiger partial charge is 0.409 e. The minimum absolute atomic E-state index is 0.0499. The first kappa shape index (κ1) is 77.0. The van der Waals surface area contributed by atoms with E-state index in [1.54, 1.807) is 0 Å². The Bertz CT molecular complexity index is 3120. The topological polar surface area (TPSA) is 351 Å². The minimum atomic E-state index is -1.24. The van der Waals surface area contributed by atoms with Gasteiger partial charge in [-0.3, -0.25) is 71.9 Å². The maximum atomic E-state index is 13.1. The molecule has 15 amide bonds. The van der Waals surface area contributed by atoms with Gasteiger partial charge in [-0.15, -0.1) is 0 Å². The summed E-state index contributed by atoms with van der Waals surface area (Å²) in [6, 6.07) is 15.7. The Morgan fingerprint density at radius 3 is 0.613 bits per heavy atom. The molecule has 0 saturated carbocycles. The average molecular weight is 1310 g/mol. The zero-order valence-electron chi connectivity index (χ0n) is 55.6. The summed E-state index contributed by atoms with van der Waals surface area (Å²) in [7, 11) is 19.6. The monoisotopic (exact) mass is 1310 g/mol. The molecule has 2 aromatic carbocycles. The number of hydrogen-bond donors (Lipinski definition) is 1. The summed E-state index contributed by atoms with van der Waals surface area (Å²) < 4.78 is 5.62. The number of ether oxygens (including phenoxy) is 1. The van der Waals surface area contributed by atoms with Crippen molar-refractivity contribution in [3.63, 3.8) is 0 Å². The fourth-order valence-corrected chi connectivity index (χ4v) is 8.74. The number of amides is 15. The number of carboxylic acid groups (broad SMARTS) is 1. The van der Waals surface area contributed by atoms with Gasteiger partial charge in [0.05, 0.1) is 85.1 Å². The number of fused-ring (bicyclic) bond motifs is 3. The van der Waals surface area contributed by atoms with Crippen LogP contribution in [-0.4, -0.2) is 384 Å². The molecule has 0 atom stereocenters. The van der Waals surface area contributed by atoms with Crippen LogP contribution in [0.15, 0.2) is 48.5 Å². The van der Waals surface area contributed by atoms with Gasteiger partial charge >= 0.3 is 12.1 Å². The third-order valence-electron chi connectivity index (χ3n) is 15.2. The predicted molar refractivity (Wildman–Crippen MR) is 332 cm³/mol. The lowest BCUT2D eigenvalue weighted by Gasteiger charge is -2.28. The molecule has 0 fully saturated rings. The number of likely N-dealkylation sites (N-methyl/N-ethyl adjacent to an activating group) is 15. The van der Waals surface area contributed by atoms with Gasteiger partial charge in [-0.2, -0.15) is 0 Å². The second-order valence-electron chi connectivity index (χ2n) is 23.1. The highest BCUT2D eigenvalue weighted by Gasteiger charge is 2.32. The molecule has 3 rings (SSSR count). The summed E-state index contributed by atoms with van der Waals surface area (Å²) in [4.78, 5) is 221. The molecule has 0 radical (unpaired) electrons. The summed E-state index contributed by atoms with van der Waals surface area (Å²) in [5.41, 5.74) is 4.18. The Hall–Kier alpha value is -10.2. The van der Waals surface area contributed by atoms with Crippen molar-refractivity contribution in [2.75, 3.05) is 210 Å². The van der Waals surface area contributed by atoms with E-state index >= 15 is 0 Å². The van der Waals surface area contributed by atoms with Crippen LogP contribution >= 0.6 is 0 Å². The molecule has 1 N–H and O–H groups in total. The second kappa shape index (κ2) is 35.4. The van der Waals surface area contributed by atoms with Crippen LogP contribution < -0.4 is 0 Å². The molecule has 2 aromatic rings. The fourth-order valence-electron chi connectivity index (χ4n) is 8.74. The van der Waals surface area contributed by atoms with E-state index in [4.69, 9.17) is 9.84 Å². The number of aliphatic carboxylic acids is 1. The molecule has 0 saturated heterocycles. The van der Waals surface area contributed by atoms with Crippen molar-refractivity contribution in [3.8, 4) is 11.1 Å². The average Bonchev–Trinajstić information content (AvgIpc) is 1.62. The van der Waals surface area contributed by atoms with Crippen LogP contribution in [0.3, 0.4) is 0 Å². The minimum Gasteiger partial charge on any atom is -0.480 e. The Morgan fingerprint density at radius 1 is 0.269 bits per heavy atom. The summed E-state index contributed by atoms with van der Waals surface area (Å²) in [6.45, 7) is -7.26. The quantitative estimate of drug-likeness (QED) is 0.0720. The normalized spacial score (nSPS) is 11.0. The Kier molecular flexibility index (Phi) is 29.3. The Morgan fingerprint density at radius 2 is 0.430 bits per heavy atom. The molecule has 0 aromatic heterocycles. The van der Waals surface area contributed by atoms with Gasteiger partial charge in [0.25, 0.3) is 0 Å². The molecular formula is C60H87N15O18. The van der Waals surface area contributed by atoms with E-state index < -0.39 is 193 Å². The molecule has 1 aliphatic carbocycles. The van der Waals surface area contributed by atoms with Crippen molar-refractivity contribution >= 4 is 94.8 Å². The first-order chi connectivity index (χ1) is 43.3. The molecule has 0 unspecified atom stereocenters. The Balaban J connectivity index is 1.34. The van der Waals surface area contributed by atoms with E-state index in [0.717, 1.165) is 95.8 Å². The van der Waals surface area contributed by atoms with E-state index in [1.165, 1.54) is 106 Å². The molecule has 0 spiro atoms. The van der Waals surface area contributed by atoms with Crippen LogP contribution in [0.5, 0.6) is 0 Å². The lowest BCUT2D eigenvalue weighted by Crippen LogP contribution is -2.49. The lowest BCUT2D eigenvalue weighted by molar-refractivity contribution is -0.147. The molecule has 33 heteroatoms. The zero-order chi connectivity index (χ0) is 70.5. The second-order valence-corrected chi connectivity index (χ2v) is 23.1. The van der Waals surface area contributed by atoms with Crippen molar-refractivity contribution < 1.29 is 86.6 Å². The highest BCUT2D eigenvalue weighted by Crippen LogP contribution is 2.44. The number of nitrogens with zero attached hydrogens (tertiary/aromatic N) is 15. The molecule has 93 heavy (non-hydrogen) atoms. The van der Waals surface area contributed by atoms with Crippen LogP contribution in [0.1, 0.15) is 17.0 Å². The lowest BCUT2D eigenvalue weighted by atomic mass is 9.98. The molecular weight excluding hydrogens is 1220 g/mol. The van der Waals surface area contributed by atoms with E-state index in [1.807, 2.05) is 48.5 Å². The van der Waals surface area contributed by atoms with Crippen LogP contribution in [0.4, 0.5) is 4.79 Å². The molecule has 0 heterocycles. The maximum Gasteiger partial charge on any atom is 0.409 e. The van der Waals surface area contributed by atoms with Crippen molar-refractivity contribution in [2.24, 2.45) is 0 Å². The first-order valence-corrected chi connectivity index (χ1v) is 29.0. The number of carbonyl (C=O) groups is 16. The summed E-state index contributed by atoms with van der Waals surface area (Å²) >= 11 is 0. The number of hydrogen-bond acceptors (Lipinski definition) is 17. The van der Waals surface area contributed by atoms with Crippen LogP contribution in [0.25, 0.3) is 11.1 Å².